The highest BCUT2D eigenvalue weighted by Gasteiger charge is 2.18. The highest BCUT2D eigenvalue weighted by atomic mass is 32.2. The van der Waals surface area contributed by atoms with E-state index in [1.807, 2.05) is 13.0 Å². The summed E-state index contributed by atoms with van der Waals surface area (Å²) in [7, 11) is 0. The van der Waals surface area contributed by atoms with Gasteiger partial charge in [-0.1, -0.05) is 13.0 Å². The number of rotatable bonds is 6. The van der Waals surface area contributed by atoms with Crippen LogP contribution in [0.2, 0.25) is 0 Å². The van der Waals surface area contributed by atoms with Crippen molar-refractivity contribution in [2.75, 3.05) is 12.4 Å². The van der Waals surface area contributed by atoms with Crippen LogP contribution < -0.4 is 5.73 Å². The van der Waals surface area contributed by atoms with Crippen LogP contribution in [0.25, 0.3) is 0 Å². The van der Waals surface area contributed by atoms with E-state index in [1.54, 1.807) is 17.8 Å². The fraction of sp³-hybridized carbons (Fsp3) is 0.600. The van der Waals surface area contributed by atoms with Crippen LogP contribution >= 0.6 is 11.8 Å². The molecular formula is C15H22FNOS. The lowest BCUT2D eigenvalue weighted by molar-refractivity contribution is 0.129. The van der Waals surface area contributed by atoms with Gasteiger partial charge in [0.2, 0.25) is 0 Å². The third-order valence-electron chi connectivity index (χ3n) is 3.52. The Bertz CT molecular complexity index is 407. The molecule has 0 aromatic heterocycles. The predicted octanol–water partition coefficient (Wildman–Crippen LogP) is 3.38. The van der Waals surface area contributed by atoms with Crippen LogP contribution in [0.3, 0.4) is 0 Å². The van der Waals surface area contributed by atoms with Gasteiger partial charge < -0.3 is 10.5 Å². The van der Waals surface area contributed by atoms with E-state index >= 15 is 0 Å². The van der Waals surface area contributed by atoms with Crippen LogP contribution in [0.1, 0.15) is 31.7 Å². The lowest BCUT2D eigenvalue weighted by Crippen LogP contribution is -2.22. The normalized spacial score (nSPS) is 20.7. The topological polar surface area (TPSA) is 35.2 Å². The van der Waals surface area contributed by atoms with E-state index < -0.39 is 0 Å². The van der Waals surface area contributed by atoms with Crippen LogP contribution in [-0.2, 0) is 11.2 Å². The molecule has 2 rings (SSSR count). The standard InChI is InChI=1S/C15H22FNOS/c1-2-11(17)9-13-14(16)6-3-7-15(13)19-10-12-5-4-8-18-12/h3,6-7,11-12H,2,4-5,8-10,17H2,1H3. The Morgan fingerprint density at radius 1 is 1.53 bits per heavy atom. The van der Waals surface area contributed by atoms with Crippen molar-refractivity contribution >= 4 is 11.8 Å². The Hall–Kier alpha value is -0.580. The van der Waals surface area contributed by atoms with E-state index in [0.717, 1.165) is 42.1 Å². The van der Waals surface area contributed by atoms with E-state index in [1.165, 1.54) is 6.07 Å². The quantitative estimate of drug-likeness (QED) is 0.813. The number of hydrogen-bond donors (Lipinski definition) is 1. The molecule has 19 heavy (non-hydrogen) atoms. The zero-order chi connectivity index (χ0) is 13.7. The molecule has 2 unspecified atom stereocenters. The van der Waals surface area contributed by atoms with Crippen molar-refractivity contribution in [2.45, 2.75) is 49.6 Å². The molecule has 4 heteroatoms. The second-order valence-electron chi connectivity index (χ2n) is 5.04. The first-order valence-corrected chi connectivity index (χ1v) is 7.96. The lowest BCUT2D eigenvalue weighted by atomic mass is 10.0. The molecule has 0 spiro atoms. The van der Waals surface area contributed by atoms with Crippen LogP contribution in [0.4, 0.5) is 4.39 Å². The maximum atomic E-state index is 13.9. The van der Waals surface area contributed by atoms with Gasteiger partial charge in [-0.15, -0.1) is 11.8 Å². The molecule has 2 atom stereocenters. The Morgan fingerprint density at radius 3 is 3.05 bits per heavy atom. The zero-order valence-electron chi connectivity index (χ0n) is 11.4. The average Bonchev–Trinajstić information content (AvgIpc) is 2.92. The molecule has 1 aliphatic heterocycles. The number of hydrogen-bond acceptors (Lipinski definition) is 3. The highest BCUT2D eigenvalue weighted by molar-refractivity contribution is 7.99. The van der Waals surface area contributed by atoms with Gasteiger partial charge in [-0.25, -0.2) is 4.39 Å². The summed E-state index contributed by atoms with van der Waals surface area (Å²) < 4.78 is 19.6. The summed E-state index contributed by atoms with van der Waals surface area (Å²) in [6, 6.07) is 5.31. The summed E-state index contributed by atoms with van der Waals surface area (Å²) in [5.41, 5.74) is 6.72. The first kappa shape index (κ1) is 14.8. The van der Waals surface area contributed by atoms with Crippen LogP contribution in [0.5, 0.6) is 0 Å². The summed E-state index contributed by atoms with van der Waals surface area (Å²) in [5, 5.41) is 0. The van der Waals surface area contributed by atoms with E-state index in [2.05, 4.69) is 0 Å². The third-order valence-corrected chi connectivity index (χ3v) is 4.75. The SMILES string of the molecule is CCC(N)Cc1c(F)cccc1SCC1CCCO1. The molecule has 0 amide bonds. The van der Waals surface area contributed by atoms with Gasteiger partial charge in [-0.2, -0.15) is 0 Å². The summed E-state index contributed by atoms with van der Waals surface area (Å²) in [4.78, 5) is 1.01. The summed E-state index contributed by atoms with van der Waals surface area (Å²) in [6.45, 7) is 2.90. The van der Waals surface area contributed by atoms with E-state index in [9.17, 15) is 4.39 Å². The van der Waals surface area contributed by atoms with Crippen LogP contribution in [0, 0.1) is 5.82 Å². The van der Waals surface area contributed by atoms with Gasteiger partial charge in [-0.05, 0) is 37.8 Å². The van der Waals surface area contributed by atoms with E-state index in [4.69, 9.17) is 10.5 Å². The van der Waals surface area contributed by atoms with E-state index in [0.29, 0.717) is 12.5 Å². The molecule has 106 valence electrons. The number of benzene rings is 1. The molecule has 1 aromatic rings. The number of thioether (sulfide) groups is 1. The molecule has 0 bridgehead atoms. The Morgan fingerprint density at radius 2 is 2.37 bits per heavy atom. The van der Waals surface area contributed by atoms with Gasteiger partial charge in [0.25, 0.3) is 0 Å². The highest BCUT2D eigenvalue weighted by Crippen LogP contribution is 2.29. The molecule has 0 aliphatic carbocycles. The molecule has 1 fully saturated rings. The molecule has 1 aromatic carbocycles. The van der Waals surface area contributed by atoms with Gasteiger partial charge in [-0.3, -0.25) is 0 Å². The molecule has 1 saturated heterocycles. The number of nitrogens with two attached hydrogens (primary N) is 1. The summed E-state index contributed by atoms with van der Waals surface area (Å²) >= 11 is 1.69. The fourth-order valence-corrected chi connectivity index (χ4v) is 3.40. The lowest BCUT2D eigenvalue weighted by Gasteiger charge is -2.15. The molecule has 0 saturated carbocycles. The van der Waals surface area contributed by atoms with Crippen LogP contribution in [0.15, 0.2) is 23.1 Å². The second-order valence-corrected chi connectivity index (χ2v) is 6.10. The third kappa shape index (κ3) is 4.20. The predicted molar refractivity (Wildman–Crippen MR) is 78.1 cm³/mol. The monoisotopic (exact) mass is 283 g/mol. The van der Waals surface area contributed by atoms with Gasteiger partial charge in [0.1, 0.15) is 5.82 Å². The van der Waals surface area contributed by atoms with Gasteiger partial charge in [0.15, 0.2) is 0 Å². The molecule has 0 radical (unpaired) electrons. The maximum Gasteiger partial charge on any atom is 0.127 e. The first-order chi connectivity index (χ1) is 9.20. The molecule has 1 aliphatic rings. The molecule has 1 heterocycles. The zero-order valence-corrected chi connectivity index (χ0v) is 12.2. The minimum Gasteiger partial charge on any atom is -0.377 e. The number of ether oxygens (including phenoxy) is 1. The second kappa shape index (κ2) is 7.27. The summed E-state index contributed by atoms with van der Waals surface area (Å²) in [6.07, 6.45) is 4.05. The minimum atomic E-state index is -0.138. The van der Waals surface area contributed by atoms with Crippen molar-refractivity contribution in [3.63, 3.8) is 0 Å². The summed E-state index contributed by atoms with van der Waals surface area (Å²) in [5.74, 6) is 0.763. The van der Waals surface area contributed by atoms with Crippen molar-refractivity contribution < 1.29 is 9.13 Å². The minimum absolute atomic E-state index is 0.0268. The Balaban J connectivity index is 2.03. The smallest absolute Gasteiger partial charge is 0.127 e. The van der Waals surface area contributed by atoms with Crippen molar-refractivity contribution in [2.24, 2.45) is 5.73 Å². The van der Waals surface area contributed by atoms with Crippen molar-refractivity contribution in [1.29, 1.82) is 0 Å². The number of halogens is 1. The van der Waals surface area contributed by atoms with Crippen LogP contribution in [-0.4, -0.2) is 24.5 Å². The Labute approximate surface area is 118 Å². The fourth-order valence-electron chi connectivity index (χ4n) is 2.24. The maximum absolute atomic E-state index is 13.9. The van der Waals surface area contributed by atoms with Gasteiger partial charge >= 0.3 is 0 Å². The molecular weight excluding hydrogens is 261 g/mol. The molecule has 2 nitrogen and oxygen atoms in total. The average molecular weight is 283 g/mol. The van der Waals surface area contributed by atoms with Gasteiger partial charge in [0.05, 0.1) is 6.10 Å². The van der Waals surface area contributed by atoms with Crippen molar-refractivity contribution in [3.8, 4) is 0 Å². The Kier molecular flexibility index (Phi) is 5.67. The largest absolute Gasteiger partial charge is 0.377 e. The van der Waals surface area contributed by atoms with Crippen molar-refractivity contribution in [3.05, 3.63) is 29.6 Å². The molecule has 2 N–H and O–H groups in total. The van der Waals surface area contributed by atoms with E-state index in [-0.39, 0.29) is 11.9 Å². The first-order valence-electron chi connectivity index (χ1n) is 6.98. The van der Waals surface area contributed by atoms with Gasteiger partial charge in [0, 0.05) is 28.9 Å². The van der Waals surface area contributed by atoms with Crippen molar-refractivity contribution in [1.82, 2.24) is 0 Å².